The highest BCUT2D eigenvalue weighted by atomic mass is 79.9. The SMILES string of the molecule is CC1(C)CC2CC(C)(CN2C(=O)c2ccc(Br)c(F)c2)C1. The Balaban J connectivity index is 1.87. The van der Waals surface area contributed by atoms with E-state index in [2.05, 4.69) is 36.7 Å². The number of amides is 1. The van der Waals surface area contributed by atoms with Crippen LogP contribution in [0.5, 0.6) is 0 Å². The van der Waals surface area contributed by atoms with Crippen LogP contribution in [0.3, 0.4) is 0 Å². The summed E-state index contributed by atoms with van der Waals surface area (Å²) in [6, 6.07) is 4.93. The van der Waals surface area contributed by atoms with Crippen molar-refractivity contribution in [3.63, 3.8) is 0 Å². The van der Waals surface area contributed by atoms with Gasteiger partial charge in [-0.05, 0) is 64.2 Å². The quantitative estimate of drug-likeness (QED) is 0.720. The van der Waals surface area contributed by atoms with E-state index in [4.69, 9.17) is 0 Å². The number of hydrogen-bond donors (Lipinski definition) is 0. The molecule has 2 nitrogen and oxygen atoms in total. The van der Waals surface area contributed by atoms with Crippen LogP contribution in [0.25, 0.3) is 0 Å². The lowest BCUT2D eigenvalue weighted by atomic mass is 9.65. The Hall–Kier alpha value is -0.900. The number of benzene rings is 1. The molecule has 1 aliphatic heterocycles. The van der Waals surface area contributed by atoms with Crippen molar-refractivity contribution < 1.29 is 9.18 Å². The van der Waals surface area contributed by atoms with E-state index in [1.54, 1.807) is 12.1 Å². The van der Waals surface area contributed by atoms with Gasteiger partial charge in [0.25, 0.3) is 5.91 Å². The zero-order valence-electron chi connectivity index (χ0n) is 12.7. The zero-order valence-corrected chi connectivity index (χ0v) is 14.3. The van der Waals surface area contributed by atoms with Crippen LogP contribution in [-0.4, -0.2) is 23.4 Å². The number of rotatable bonds is 1. The predicted octanol–water partition coefficient (Wildman–Crippen LogP) is 4.63. The highest BCUT2D eigenvalue weighted by molar-refractivity contribution is 9.10. The minimum atomic E-state index is -0.380. The molecule has 4 heteroatoms. The van der Waals surface area contributed by atoms with E-state index in [1.807, 2.05) is 4.90 Å². The van der Waals surface area contributed by atoms with Crippen LogP contribution >= 0.6 is 15.9 Å². The largest absolute Gasteiger partial charge is 0.335 e. The van der Waals surface area contributed by atoms with Crippen LogP contribution in [0.4, 0.5) is 4.39 Å². The van der Waals surface area contributed by atoms with Gasteiger partial charge in [-0.1, -0.05) is 20.8 Å². The molecule has 1 amide bonds. The van der Waals surface area contributed by atoms with Crippen LogP contribution in [0, 0.1) is 16.6 Å². The average molecular weight is 354 g/mol. The second kappa shape index (κ2) is 4.80. The summed E-state index contributed by atoms with van der Waals surface area (Å²) in [5.74, 6) is -0.414. The summed E-state index contributed by atoms with van der Waals surface area (Å²) in [4.78, 5) is 14.7. The Morgan fingerprint density at radius 2 is 2.05 bits per heavy atom. The minimum Gasteiger partial charge on any atom is -0.335 e. The van der Waals surface area contributed by atoms with Crippen LogP contribution in [-0.2, 0) is 0 Å². The number of carbonyl (C=O) groups excluding carboxylic acids is 1. The van der Waals surface area contributed by atoms with Crippen molar-refractivity contribution in [3.8, 4) is 0 Å². The number of carbonyl (C=O) groups is 1. The molecule has 2 bridgehead atoms. The molecule has 1 aliphatic carbocycles. The molecule has 2 unspecified atom stereocenters. The Labute approximate surface area is 133 Å². The zero-order chi connectivity index (χ0) is 15.4. The first-order valence-corrected chi connectivity index (χ1v) is 8.25. The van der Waals surface area contributed by atoms with Crippen LogP contribution in [0.15, 0.2) is 22.7 Å². The number of fused-ring (bicyclic) bond motifs is 2. The van der Waals surface area contributed by atoms with E-state index in [9.17, 15) is 9.18 Å². The molecule has 1 aromatic rings. The van der Waals surface area contributed by atoms with Crippen molar-refractivity contribution in [2.45, 2.75) is 46.1 Å². The van der Waals surface area contributed by atoms with Crippen molar-refractivity contribution in [2.24, 2.45) is 10.8 Å². The first kappa shape index (κ1) is 15.0. The van der Waals surface area contributed by atoms with Gasteiger partial charge in [-0.15, -0.1) is 0 Å². The summed E-state index contributed by atoms with van der Waals surface area (Å²) in [5.41, 5.74) is 0.929. The van der Waals surface area contributed by atoms with Gasteiger partial charge in [0.15, 0.2) is 0 Å². The van der Waals surface area contributed by atoms with E-state index in [-0.39, 0.29) is 28.6 Å². The molecule has 114 valence electrons. The minimum absolute atomic E-state index is 0.0344. The lowest BCUT2D eigenvalue weighted by molar-refractivity contribution is 0.0707. The maximum absolute atomic E-state index is 13.7. The van der Waals surface area contributed by atoms with Gasteiger partial charge in [0.1, 0.15) is 5.82 Å². The third-order valence-electron chi connectivity index (χ3n) is 4.84. The highest BCUT2D eigenvalue weighted by Gasteiger charge is 2.51. The van der Waals surface area contributed by atoms with E-state index in [0.29, 0.717) is 10.0 Å². The summed E-state index contributed by atoms with van der Waals surface area (Å²) in [6.45, 7) is 7.63. The second-order valence-corrected chi connectivity index (χ2v) is 8.63. The molecule has 21 heavy (non-hydrogen) atoms. The molecular weight excluding hydrogens is 333 g/mol. The number of nitrogens with zero attached hydrogens (tertiary/aromatic N) is 1. The molecule has 2 aliphatic rings. The van der Waals surface area contributed by atoms with E-state index < -0.39 is 0 Å². The molecule has 0 spiro atoms. The standard InChI is InChI=1S/C17H21BrFNO/c1-16(2)7-12-8-17(3,9-16)10-20(12)15(21)11-4-5-13(18)14(19)6-11/h4-6,12H,7-10H2,1-3H3. The van der Waals surface area contributed by atoms with Gasteiger partial charge in [-0.25, -0.2) is 4.39 Å². The summed E-state index contributed by atoms with van der Waals surface area (Å²) in [6.07, 6.45) is 3.25. The summed E-state index contributed by atoms with van der Waals surface area (Å²) >= 11 is 3.13. The van der Waals surface area contributed by atoms with Gasteiger partial charge in [-0.2, -0.15) is 0 Å². The van der Waals surface area contributed by atoms with Crippen LogP contribution < -0.4 is 0 Å². The smallest absolute Gasteiger partial charge is 0.254 e. The maximum Gasteiger partial charge on any atom is 0.254 e. The third kappa shape index (κ3) is 2.75. The molecular formula is C17H21BrFNO. The second-order valence-electron chi connectivity index (χ2n) is 7.78. The molecule has 0 radical (unpaired) electrons. The number of hydrogen-bond acceptors (Lipinski definition) is 1. The maximum atomic E-state index is 13.7. The van der Waals surface area contributed by atoms with Gasteiger partial charge in [0.2, 0.25) is 0 Å². The van der Waals surface area contributed by atoms with Crippen molar-refractivity contribution in [3.05, 3.63) is 34.1 Å². The fraction of sp³-hybridized carbons (Fsp3) is 0.588. The van der Waals surface area contributed by atoms with Gasteiger partial charge < -0.3 is 4.90 Å². The molecule has 1 aromatic carbocycles. The normalized spacial score (nSPS) is 30.5. The molecule has 1 heterocycles. The van der Waals surface area contributed by atoms with Crippen molar-refractivity contribution in [1.29, 1.82) is 0 Å². The Kier molecular flexibility index (Phi) is 3.43. The Morgan fingerprint density at radius 3 is 2.71 bits per heavy atom. The third-order valence-corrected chi connectivity index (χ3v) is 5.49. The van der Waals surface area contributed by atoms with E-state index in [1.165, 1.54) is 6.07 Å². The first-order valence-electron chi connectivity index (χ1n) is 7.45. The Bertz CT molecular complexity index is 600. The van der Waals surface area contributed by atoms with Gasteiger partial charge in [0, 0.05) is 18.2 Å². The van der Waals surface area contributed by atoms with Crippen molar-refractivity contribution in [2.75, 3.05) is 6.54 Å². The summed E-state index contributed by atoms with van der Waals surface area (Å²) < 4.78 is 14.1. The summed E-state index contributed by atoms with van der Waals surface area (Å²) in [5, 5.41) is 0. The number of likely N-dealkylation sites (tertiary alicyclic amines) is 1. The van der Waals surface area contributed by atoms with Gasteiger partial charge in [0.05, 0.1) is 4.47 Å². The molecule has 2 atom stereocenters. The molecule has 3 rings (SSSR count). The molecule has 1 saturated carbocycles. The van der Waals surface area contributed by atoms with Crippen molar-refractivity contribution >= 4 is 21.8 Å². The average Bonchev–Trinajstić information content (AvgIpc) is 2.61. The first-order chi connectivity index (χ1) is 9.69. The fourth-order valence-electron chi connectivity index (χ4n) is 4.49. The van der Waals surface area contributed by atoms with E-state index in [0.717, 1.165) is 25.8 Å². The highest BCUT2D eigenvalue weighted by Crippen LogP contribution is 2.52. The molecule has 2 fully saturated rings. The van der Waals surface area contributed by atoms with Crippen molar-refractivity contribution in [1.82, 2.24) is 4.90 Å². The fourth-order valence-corrected chi connectivity index (χ4v) is 4.74. The summed E-state index contributed by atoms with van der Waals surface area (Å²) in [7, 11) is 0. The Morgan fingerprint density at radius 1 is 1.33 bits per heavy atom. The number of halogens is 2. The van der Waals surface area contributed by atoms with Gasteiger partial charge >= 0.3 is 0 Å². The van der Waals surface area contributed by atoms with Crippen LogP contribution in [0.1, 0.15) is 50.4 Å². The van der Waals surface area contributed by atoms with Crippen LogP contribution in [0.2, 0.25) is 0 Å². The topological polar surface area (TPSA) is 20.3 Å². The predicted molar refractivity (Wildman–Crippen MR) is 84.7 cm³/mol. The molecule has 0 N–H and O–H groups in total. The lowest BCUT2D eigenvalue weighted by Crippen LogP contribution is -2.37. The lowest BCUT2D eigenvalue weighted by Gasteiger charge is -2.39. The monoisotopic (exact) mass is 353 g/mol. The van der Waals surface area contributed by atoms with Gasteiger partial charge in [-0.3, -0.25) is 4.79 Å². The molecule has 1 saturated heterocycles. The van der Waals surface area contributed by atoms with E-state index >= 15 is 0 Å². The molecule has 0 aromatic heterocycles.